The first-order chi connectivity index (χ1) is 14.3. The normalized spacial score (nSPS) is 12.0. The summed E-state index contributed by atoms with van der Waals surface area (Å²) in [5.74, 6) is 1.35. The number of hydrogen-bond donors (Lipinski definition) is 1. The summed E-state index contributed by atoms with van der Waals surface area (Å²) in [6.07, 6.45) is 1.07. The van der Waals surface area contributed by atoms with Gasteiger partial charge in [0.25, 0.3) is 0 Å². The highest BCUT2D eigenvalue weighted by Gasteiger charge is 2.29. The van der Waals surface area contributed by atoms with Crippen molar-refractivity contribution in [3.8, 4) is 17.2 Å². The van der Waals surface area contributed by atoms with Gasteiger partial charge in [0.05, 0.1) is 32.2 Å². The van der Waals surface area contributed by atoms with Crippen LogP contribution in [0, 0.1) is 0 Å². The highest BCUT2D eigenvalue weighted by Crippen LogP contribution is 2.26. The average Bonchev–Trinajstić information content (AvgIpc) is 2.72. The van der Waals surface area contributed by atoms with Crippen LogP contribution in [0.4, 0.5) is 5.69 Å². The first-order valence-corrected chi connectivity index (χ1v) is 11.4. The third kappa shape index (κ3) is 6.28. The van der Waals surface area contributed by atoms with Crippen LogP contribution < -0.4 is 23.8 Å². The molecular weight excluding hydrogens is 408 g/mol. The minimum atomic E-state index is -3.69. The summed E-state index contributed by atoms with van der Waals surface area (Å²) in [6, 6.07) is 12.8. The molecule has 2 aromatic rings. The van der Waals surface area contributed by atoms with E-state index in [0.717, 1.165) is 10.6 Å². The average molecular weight is 437 g/mol. The van der Waals surface area contributed by atoms with Crippen LogP contribution >= 0.6 is 0 Å². The number of carbonyl (C=O) groups is 1. The van der Waals surface area contributed by atoms with Gasteiger partial charge in [-0.3, -0.25) is 9.10 Å². The molecule has 1 unspecified atom stereocenters. The molecule has 0 aliphatic heterocycles. The lowest BCUT2D eigenvalue weighted by molar-refractivity contribution is -0.121. The molecular formula is C21H28N2O6S. The van der Waals surface area contributed by atoms with E-state index in [1.165, 1.54) is 6.92 Å². The summed E-state index contributed by atoms with van der Waals surface area (Å²) in [6.45, 7) is 4.32. The Morgan fingerprint density at radius 1 is 1.07 bits per heavy atom. The molecule has 1 atom stereocenters. The van der Waals surface area contributed by atoms with Gasteiger partial charge in [-0.15, -0.1) is 0 Å². The predicted molar refractivity (Wildman–Crippen MR) is 116 cm³/mol. The maximum absolute atomic E-state index is 12.6. The Bertz CT molecular complexity index is 931. The third-order valence-corrected chi connectivity index (χ3v) is 5.46. The molecule has 0 aliphatic carbocycles. The van der Waals surface area contributed by atoms with Crippen LogP contribution in [0.2, 0.25) is 0 Å². The maximum Gasteiger partial charge on any atom is 0.243 e. The van der Waals surface area contributed by atoms with Gasteiger partial charge in [0.15, 0.2) is 11.5 Å². The van der Waals surface area contributed by atoms with Crippen LogP contribution in [0.15, 0.2) is 48.5 Å². The molecule has 30 heavy (non-hydrogen) atoms. The van der Waals surface area contributed by atoms with Crippen molar-refractivity contribution in [2.24, 2.45) is 0 Å². The molecule has 164 valence electrons. The van der Waals surface area contributed by atoms with E-state index >= 15 is 0 Å². The number of para-hydroxylation sites is 2. The summed E-state index contributed by atoms with van der Waals surface area (Å²) in [4.78, 5) is 12.6. The van der Waals surface area contributed by atoms with Crippen LogP contribution in [-0.4, -0.2) is 53.5 Å². The largest absolute Gasteiger partial charge is 0.494 e. The maximum atomic E-state index is 12.6. The van der Waals surface area contributed by atoms with Gasteiger partial charge < -0.3 is 19.5 Å². The Morgan fingerprint density at radius 3 is 2.27 bits per heavy atom. The number of sulfonamides is 1. The smallest absolute Gasteiger partial charge is 0.243 e. The zero-order chi connectivity index (χ0) is 22.1. The van der Waals surface area contributed by atoms with Gasteiger partial charge in [0.2, 0.25) is 15.9 Å². The SMILES string of the molecule is CCOc1ccc(N(C(C)C(=O)NCCOc2ccccc2OC)S(C)(=O)=O)cc1. The van der Waals surface area contributed by atoms with Crippen LogP contribution in [0.3, 0.4) is 0 Å². The Labute approximate surface area is 177 Å². The second-order valence-corrected chi connectivity index (χ2v) is 8.31. The van der Waals surface area contributed by atoms with E-state index in [-0.39, 0.29) is 13.2 Å². The van der Waals surface area contributed by atoms with Gasteiger partial charge in [-0.05, 0) is 50.2 Å². The number of nitrogens with zero attached hydrogens (tertiary/aromatic N) is 1. The zero-order valence-electron chi connectivity index (χ0n) is 17.6. The fourth-order valence-electron chi connectivity index (χ4n) is 2.89. The van der Waals surface area contributed by atoms with Crippen molar-refractivity contribution in [3.05, 3.63) is 48.5 Å². The van der Waals surface area contributed by atoms with Crippen LogP contribution in [-0.2, 0) is 14.8 Å². The van der Waals surface area contributed by atoms with Crippen molar-refractivity contribution in [2.45, 2.75) is 19.9 Å². The van der Waals surface area contributed by atoms with Crippen molar-refractivity contribution < 1.29 is 27.4 Å². The van der Waals surface area contributed by atoms with Crippen molar-refractivity contribution in [3.63, 3.8) is 0 Å². The Morgan fingerprint density at radius 2 is 1.70 bits per heavy atom. The molecule has 0 heterocycles. The van der Waals surface area contributed by atoms with Crippen molar-refractivity contribution in [1.82, 2.24) is 5.32 Å². The molecule has 8 nitrogen and oxygen atoms in total. The topological polar surface area (TPSA) is 94.2 Å². The lowest BCUT2D eigenvalue weighted by atomic mass is 10.2. The molecule has 0 saturated heterocycles. The number of anilines is 1. The molecule has 0 saturated carbocycles. The molecule has 1 N–H and O–H groups in total. The van der Waals surface area contributed by atoms with Gasteiger partial charge in [0, 0.05) is 0 Å². The lowest BCUT2D eigenvalue weighted by Crippen LogP contribution is -2.48. The first kappa shape index (κ1) is 23.3. The second kappa shape index (κ2) is 10.7. The van der Waals surface area contributed by atoms with E-state index in [1.54, 1.807) is 43.5 Å². The molecule has 0 bridgehead atoms. The van der Waals surface area contributed by atoms with Gasteiger partial charge in [-0.2, -0.15) is 0 Å². The summed E-state index contributed by atoms with van der Waals surface area (Å²) < 4.78 is 42.0. The number of nitrogens with one attached hydrogen (secondary N) is 1. The zero-order valence-corrected chi connectivity index (χ0v) is 18.4. The number of amides is 1. The number of rotatable bonds is 11. The van der Waals surface area contributed by atoms with Crippen molar-refractivity contribution in [1.29, 1.82) is 0 Å². The lowest BCUT2D eigenvalue weighted by Gasteiger charge is -2.28. The monoisotopic (exact) mass is 436 g/mol. The molecule has 0 fully saturated rings. The fourth-order valence-corrected chi connectivity index (χ4v) is 4.06. The summed E-state index contributed by atoms with van der Waals surface area (Å²) in [5.41, 5.74) is 0.383. The fraction of sp³-hybridized carbons (Fsp3) is 0.381. The van der Waals surface area contributed by atoms with Crippen molar-refractivity contribution in [2.75, 3.05) is 37.4 Å². The highest BCUT2D eigenvalue weighted by atomic mass is 32.2. The van der Waals surface area contributed by atoms with E-state index in [9.17, 15) is 13.2 Å². The molecule has 1 amide bonds. The minimum Gasteiger partial charge on any atom is -0.494 e. The van der Waals surface area contributed by atoms with Crippen molar-refractivity contribution >= 4 is 21.6 Å². The quantitative estimate of drug-likeness (QED) is 0.544. The molecule has 2 rings (SSSR count). The van der Waals surface area contributed by atoms with Crippen LogP contribution in [0.25, 0.3) is 0 Å². The molecule has 2 aromatic carbocycles. The van der Waals surface area contributed by atoms with Crippen LogP contribution in [0.5, 0.6) is 17.2 Å². The van der Waals surface area contributed by atoms with Gasteiger partial charge in [0.1, 0.15) is 18.4 Å². The highest BCUT2D eigenvalue weighted by molar-refractivity contribution is 7.92. The molecule has 9 heteroatoms. The van der Waals surface area contributed by atoms with Crippen LogP contribution in [0.1, 0.15) is 13.8 Å². The first-order valence-electron chi connectivity index (χ1n) is 9.53. The summed E-state index contributed by atoms with van der Waals surface area (Å²) >= 11 is 0. The number of benzene rings is 2. The third-order valence-electron chi connectivity index (χ3n) is 4.22. The Hall–Kier alpha value is -2.94. The Balaban J connectivity index is 2.00. The van der Waals surface area contributed by atoms with E-state index < -0.39 is 22.0 Å². The standard InChI is InChI=1S/C21H28N2O6S/c1-5-28-18-12-10-17(11-13-18)23(30(4,25)26)16(2)21(24)22-14-15-29-20-9-7-6-8-19(20)27-3/h6-13,16H,5,14-15H2,1-4H3,(H,22,24). The summed E-state index contributed by atoms with van der Waals surface area (Å²) in [5, 5.41) is 2.71. The Kier molecular flexibility index (Phi) is 8.35. The minimum absolute atomic E-state index is 0.209. The summed E-state index contributed by atoms with van der Waals surface area (Å²) in [7, 11) is -2.14. The number of carbonyl (C=O) groups excluding carboxylic acids is 1. The van der Waals surface area contributed by atoms with E-state index in [1.807, 2.05) is 19.1 Å². The van der Waals surface area contributed by atoms with Gasteiger partial charge in [-0.1, -0.05) is 12.1 Å². The molecule has 0 spiro atoms. The molecule has 0 aromatic heterocycles. The second-order valence-electron chi connectivity index (χ2n) is 6.45. The molecule has 0 aliphatic rings. The predicted octanol–water partition coefficient (Wildman–Crippen LogP) is 2.44. The number of methoxy groups -OCH3 is 1. The van der Waals surface area contributed by atoms with E-state index in [2.05, 4.69) is 5.32 Å². The number of ether oxygens (including phenoxy) is 3. The van der Waals surface area contributed by atoms with Gasteiger partial charge >= 0.3 is 0 Å². The van der Waals surface area contributed by atoms with Gasteiger partial charge in [-0.25, -0.2) is 8.42 Å². The number of hydrogen-bond acceptors (Lipinski definition) is 6. The van der Waals surface area contributed by atoms with E-state index in [4.69, 9.17) is 14.2 Å². The molecule has 0 radical (unpaired) electrons. The van der Waals surface area contributed by atoms with E-state index in [0.29, 0.717) is 29.5 Å².